The van der Waals surface area contributed by atoms with Crippen LogP contribution in [0.25, 0.3) is 0 Å². The van der Waals surface area contributed by atoms with Gasteiger partial charge in [-0.15, -0.1) is 0 Å². The van der Waals surface area contributed by atoms with Crippen molar-refractivity contribution in [2.75, 3.05) is 5.32 Å². The van der Waals surface area contributed by atoms with E-state index >= 15 is 0 Å². The Morgan fingerprint density at radius 2 is 2.42 bits per heavy atom. The Hall–Kier alpha value is -2.95. The standard InChI is InChI=1S/C11H9N5O3/c1-7-4-9(19-15-7)6-14-11-10(16(17)18)8(5-12)2-3-13-11/h2-4H,6H2,1H3,(H,13,14). The van der Waals surface area contributed by atoms with Crippen molar-refractivity contribution >= 4 is 11.5 Å². The van der Waals surface area contributed by atoms with E-state index in [-0.39, 0.29) is 23.6 Å². The molecule has 2 heterocycles. The maximum absolute atomic E-state index is 11.0. The molecule has 0 atom stereocenters. The van der Waals surface area contributed by atoms with Crippen molar-refractivity contribution in [1.29, 1.82) is 5.26 Å². The number of anilines is 1. The summed E-state index contributed by atoms with van der Waals surface area (Å²) in [6, 6.07) is 4.76. The minimum Gasteiger partial charge on any atom is -0.359 e. The molecule has 2 rings (SSSR count). The fraction of sp³-hybridized carbons (Fsp3) is 0.182. The molecule has 0 aliphatic heterocycles. The van der Waals surface area contributed by atoms with E-state index in [4.69, 9.17) is 9.78 Å². The average Bonchev–Trinajstić information content (AvgIpc) is 2.81. The second-order valence-corrected chi connectivity index (χ2v) is 3.71. The van der Waals surface area contributed by atoms with Crippen LogP contribution in [0.4, 0.5) is 11.5 Å². The quantitative estimate of drug-likeness (QED) is 0.656. The molecule has 0 bridgehead atoms. The third-order valence-electron chi connectivity index (χ3n) is 2.33. The fourth-order valence-electron chi connectivity index (χ4n) is 1.53. The molecule has 0 saturated carbocycles. The number of nitrogens with one attached hydrogen (secondary N) is 1. The van der Waals surface area contributed by atoms with E-state index in [1.54, 1.807) is 19.1 Å². The molecular formula is C11H9N5O3. The van der Waals surface area contributed by atoms with Crippen LogP contribution >= 0.6 is 0 Å². The zero-order chi connectivity index (χ0) is 13.8. The topological polar surface area (TPSA) is 118 Å². The molecule has 0 fully saturated rings. The molecule has 1 N–H and O–H groups in total. The van der Waals surface area contributed by atoms with Crippen LogP contribution in [0.2, 0.25) is 0 Å². The lowest BCUT2D eigenvalue weighted by atomic mass is 10.2. The van der Waals surface area contributed by atoms with Gasteiger partial charge in [-0.25, -0.2) is 4.98 Å². The Labute approximate surface area is 107 Å². The number of nitrogens with zero attached hydrogens (tertiary/aromatic N) is 4. The molecule has 0 saturated heterocycles. The number of hydrogen-bond donors (Lipinski definition) is 1. The fourth-order valence-corrected chi connectivity index (χ4v) is 1.53. The Morgan fingerprint density at radius 1 is 1.63 bits per heavy atom. The maximum atomic E-state index is 11.0. The van der Waals surface area contributed by atoms with Crippen LogP contribution in [0.1, 0.15) is 17.0 Å². The third-order valence-corrected chi connectivity index (χ3v) is 2.33. The average molecular weight is 259 g/mol. The zero-order valence-electron chi connectivity index (χ0n) is 9.95. The molecule has 0 spiro atoms. The van der Waals surface area contributed by atoms with Crippen molar-refractivity contribution < 1.29 is 9.45 Å². The highest BCUT2D eigenvalue weighted by atomic mass is 16.6. The van der Waals surface area contributed by atoms with Crippen LogP contribution in [0, 0.1) is 28.4 Å². The highest BCUT2D eigenvalue weighted by Crippen LogP contribution is 2.25. The summed E-state index contributed by atoms with van der Waals surface area (Å²) >= 11 is 0. The largest absolute Gasteiger partial charge is 0.359 e. The Morgan fingerprint density at radius 3 is 3.00 bits per heavy atom. The van der Waals surface area contributed by atoms with E-state index in [2.05, 4.69) is 15.5 Å². The molecule has 19 heavy (non-hydrogen) atoms. The van der Waals surface area contributed by atoms with E-state index in [1.807, 2.05) is 0 Å². The number of aryl methyl sites for hydroxylation is 1. The van der Waals surface area contributed by atoms with Gasteiger partial charge in [0.2, 0.25) is 5.82 Å². The van der Waals surface area contributed by atoms with Gasteiger partial charge >= 0.3 is 5.69 Å². The van der Waals surface area contributed by atoms with Crippen LogP contribution in [0.15, 0.2) is 22.9 Å². The minimum atomic E-state index is -0.639. The first-order chi connectivity index (χ1) is 9.11. The van der Waals surface area contributed by atoms with Crippen molar-refractivity contribution in [2.45, 2.75) is 13.5 Å². The van der Waals surface area contributed by atoms with Crippen LogP contribution in [0.5, 0.6) is 0 Å². The monoisotopic (exact) mass is 259 g/mol. The van der Waals surface area contributed by atoms with Crippen molar-refractivity contribution in [3.05, 3.63) is 45.5 Å². The van der Waals surface area contributed by atoms with Crippen molar-refractivity contribution in [3.63, 3.8) is 0 Å². The van der Waals surface area contributed by atoms with Gasteiger partial charge in [0.15, 0.2) is 5.76 Å². The molecule has 2 aromatic heterocycles. The zero-order valence-corrected chi connectivity index (χ0v) is 9.95. The lowest BCUT2D eigenvalue weighted by Crippen LogP contribution is -2.05. The van der Waals surface area contributed by atoms with Crippen molar-refractivity contribution in [3.8, 4) is 6.07 Å². The number of aromatic nitrogens is 2. The molecule has 0 aromatic carbocycles. The van der Waals surface area contributed by atoms with Gasteiger partial charge in [-0.3, -0.25) is 10.1 Å². The molecule has 2 aromatic rings. The summed E-state index contributed by atoms with van der Waals surface area (Å²) in [6.45, 7) is 1.97. The lowest BCUT2D eigenvalue weighted by molar-refractivity contribution is -0.384. The summed E-state index contributed by atoms with van der Waals surface area (Å²) in [5.41, 5.74) is 0.322. The SMILES string of the molecule is Cc1cc(CNc2nccc(C#N)c2[N+](=O)[O-])on1. The van der Waals surface area contributed by atoms with E-state index in [9.17, 15) is 10.1 Å². The molecular weight excluding hydrogens is 250 g/mol. The predicted molar refractivity (Wildman–Crippen MR) is 64.2 cm³/mol. The minimum absolute atomic E-state index is 0.0260. The normalized spacial score (nSPS) is 9.89. The molecule has 0 aliphatic carbocycles. The Kier molecular flexibility index (Phi) is 3.38. The van der Waals surface area contributed by atoms with Crippen LogP contribution in [-0.4, -0.2) is 15.1 Å². The van der Waals surface area contributed by atoms with Crippen molar-refractivity contribution in [2.24, 2.45) is 0 Å². The summed E-state index contributed by atoms with van der Waals surface area (Å²) < 4.78 is 4.97. The molecule has 0 unspecified atom stereocenters. The third kappa shape index (κ3) is 2.66. The first kappa shape index (κ1) is 12.5. The highest BCUT2D eigenvalue weighted by molar-refractivity contribution is 5.63. The van der Waals surface area contributed by atoms with E-state index in [1.165, 1.54) is 12.3 Å². The second kappa shape index (κ2) is 5.14. The van der Waals surface area contributed by atoms with Gasteiger partial charge in [0.1, 0.15) is 11.6 Å². The maximum Gasteiger partial charge on any atom is 0.328 e. The number of hydrogen-bond acceptors (Lipinski definition) is 7. The highest BCUT2D eigenvalue weighted by Gasteiger charge is 2.21. The number of nitro groups is 1. The molecule has 96 valence electrons. The molecule has 0 radical (unpaired) electrons. The summed E-state index contributed by atoms with van der Waals surface area (Å²) in [5.74, 6) is 0.550. The summed E-state index contributed by atoms with van der Waals surface area (Å²) in [6.07, 6.45) is 1.33. The Balaban J connectivity index is 2.25. The van der Waals surface area contributed by atoms with Crippen LogP contribution in [0.3, 0.4) is 0 Å². The van der Waals surface area contributed by atoms with E-state index in [0.717, 1.165) is 0 Å². The smallest absolute Gasteiger partial charge is 0.328 e. The van der Waals surface area contributed by atoms with Gasteiger partial charge in [0, 0.05) is 12.3 Å². The van der Waals surface area contributed by atoms with Gasteiger partial charge < -0.3 is 9.84 Å². The molecule has 0 amide bonds. The predicted octanol–water partition coefficient (Wildman–Crippen LogP) is 1.77. The van der Waals surface area contributed by atoms with Crippen LogP contribution < -0.4 is 5.32 Å². The summed E-state index contributed by atoms with van der Waals surface area (Å²) in [7, 11) is 0. The summed E-state index contributed by atoms with van der Waals surface area (Å²) in [5, 5.41) is 26.3. The molecule has 0 aliphatic rings. The van der Waals surface area contributed by atoms with Crippen molar-refractivity contribution in [1.82, 2.24) is 10.1 Å². The Bertz CT molecular complexity index is 659. The van der Waals surface area contributed by atoms with E-state index in [0.29, 0.717) is 11.5 Å². The van der Waals surface area contributed by atoms with E-state index < -0.39 is 4.92 Å². The van der Waals surface area contributed by atoms with Gasteiger partial charge in [0.05, 0.1) is 17.2 Å². The number of rotatable bonds is 4. The number of nitriles is 1. The van der Waals surface area contributed by atoms with Gasteiger partial charge in [0.25, 0.3) is 0 Å². The lowest BCUT2D eigenvalue weighted by Gasteiger charge is -2.04. The van der Waals surface area contributed by atoms with Gasteiger partial charge in [-0.2, -0.15) is 5.26 Å². The summed E-state index contributed by atoms with van der Waals surface area (Å²) in [4.78, 5) is 14.2. The van der Waals surface area contributed by atoms with Gasteiger partial charge in [-0.05, 0) is 13.0 Å². The molecule has 8 heteroatoms. The molecule has 8 nitrogen and oxygen atoms in total. The first-order valence-electron chi connectivity index (χ1n) is 5.31. The van der Waals surface area contributed by atoms with Crippen LogP contribution in [-0.2, 0) is 6.54 Å². The second-order valence-electron chi connectivity index (χ2n) is 3.71. The van der Waals surface area contributed by atoms with Gasteiger partial charge in [-0.1, -0.05) is 5.16 Å². The number of pyridine rings is 1. The first-order valence-corrected chi connectivity index (χ1v) is 5.31.